The fraction of sp³-hybridized carbons (Fsp3) is 0.524. The predicted octanol–water partition coefficient (Wildman–Crippen LogP) is 1.19. The minimum Gasteiger partial charge on any atom is -0.543 e. The smallest absolute Gasteiger partial charge is 0.275 e. The summed E-state index contributed by atoms with van der Waals surface area (Å²) in [5, 5.41) is 15.9. The first kappa shape index (κ1) is 18.7. The molecule has 1 saturated heterocycles. The van der Waals surface area contributed by atoms with Crippen LogP contribution in [-0.2, 0) is 11.3 Å². The summed E-state index contributed by atoms with van der Waals surface area (Å²) in [6, 6.07) is 6.50. The van der Waals surface area contributed by atoms with Gasteiger partial charge in [0.15, 0.2) is 0 Å². The molecule has 1 amide bonds. The van der Waals surface area contributed by atoms with Crippen molar-refractivity contribution < 1.29 is 14.7 Å². The van der Waals surface area contributed by atoms with Crippen molar-refractivity contribution in [1.29, 1.82) is 0 Å². The summed E-state index contributed by atoms with van der Waals surface area (Å²) in [5.41, 5.74) is -0.536. The molecule has 1 aromatic carbocycles. The largest absolute Gasteiger partial charge is 0.543 e. The van der Waals surface area contributed by atoms with Crippen LogP contribution in [0.25, 0.3) is 10.8 Å². The number of rotatable bonds is 3. The SMILES string of the molecule is CC1(C)C[C@H]2C[C@](C)(CN2C(=O)Cn2nc(C(=O)[O-])c3ccccc3c2=O)C1. The average Bonchev–Trinajstić information content (AvgIpc) is 2.86. The quantitative estimate of drug-likeness (QED) is 0.795. The minimum absolute atomic E-state index is 0.0833. The predicted molar refractivity (Wildman–Crippen MR) is 102 cm³/mol. The third kappa shape index (κ3) is 3.08. The second-order valence-corrected chi connectivity index (χ2v) is 9.38. The van der Waals surface area contributed by atoms with Crippen molar-refractivity contribution in [1.82, 2.24) is 14.7 Å². The highest BCUT2D eigenvalue weighted by atomic mass is 16.4. The number of amides is 1. The van der Waals surface area contributed by atoms with Crippen molar-refractivity contribution in [2.24, 2.45) is 10.8 Å². The van der Waals surface area contributed by atoms with E-state index in [-0.39, 0.29) is 45.8 Å². The number of carbonyl (C=O) groups is 2. The van der Waals surface area contributed by atoms with Crippen LogP contribution in [-0.4, -0.2) is 39.1 Å². The lowest BCUT2D eigenvalue weighted by Crippen LogP contribution is -2.42. The Morgan fingerprint density at radius 3 is 2.54 bits per heavy atom. The molecule has 1 aliphatic carbocycles. The van der Waals surface area contributed by atoms with Crippen LogP contribution in [0.3, 0.4) is 0 Å². The molecular weight excluding hydrogens is 358 g/mol. The monoisotopic (exact) mass is 382 g/mol. The molecule has 2 aliphatic rings. The molecule has 1 saturated carbocycles. The zero-order valence-electron chi connectivity index (χ0n) is 16.4. The van der Waals surface area contributed by atoms with E-state index in [9.17, 15) is 19.5 Å². The topological polar surface area (TPSA) is 95.3 Å². The van der Waals surface area contributed by atoms with Crippen LogP contribution in [0.1, 0.15) is 50.5 Å². The molecule has 0 spiro atoms. The molecule has 0 N–H and O–H groups in total. The summed E-state index contributed by atoms with van der Waals surface area (Å²) in [7, 11) is 0. The highest BCUT2D eigenvalue weighted by Crippen LogP contribution is 2.52. The van der Waals surface area contributed by atoms with E-state index in [1.807, 2.05) is 4.90 Å². The maximum atomic E-state index is 13.0. The Morgan fingerprint density at radius 2 is 1.86 bits per heavy atom. The van der Waals surface area contributed by atoms with Gasteiger partial charge in [-0.25, -0.2) is 4.68 Å². The van der Waals surface area contributed by atoms with Gasteiger partial charge in [0.1, 0.15) is 12.2 Å². The van der Waals surface area contributed by atoms with Crippen LogP contribution in [0.5, 0.6) is 0 Å². The molecule has 4 rings (SSSR count). The Hall–Kier alpha value is -2.70. The Kier molecular flexibility index (Phi) is 4.10. The molecular formula is C21H24N3O4-. The van der Waals surface area contributed by atoms with Crippen molar-refractivity contribution in [2.75, 3.05) is 6.54 Å². The molecule has 1 aliphatic heterocycles. The van der Waals surface area contributed by atoms with E-state index in [0.29, 0.717) is 6.54 Å². The molecule has 7 heteroatoms. The first-order chi connectivity index (χ1) is 13.1. The molecule has 2 fully saturated rings. The van der Waals surface area contributed by atoms with Gasteiger partial charge in [-0.15, -0.1) is 0 Å². The molecule has 148 valence electrons. The molecule has 2 heterocycles. The number of benzene rings is 1. The van der Waals surface area contributed by atoms with Crippen molar-refractivity contribution >= 4 is 22.6 Å². The lowest BCUT2D eigenvalue weighted by Gasteiger charge is -2.39. The van der Waals surface area contributed by atoms with Crippen LogP contribution < -0.4 is 10.7 Å². The molecule has 0 unspecified atom stereocenters. The van der Waals surface area contributed by atoms with Crippen molar-refractivity contribution in [3.63, 3.8) is 0 Å². The minimum atomic E-state index is -1.47. The number of carbonyl (C=O) groups excluding carboxylic acids is 2. The van der Waals surface area contributed by atoms with Gasteiger partial charge in [0.05, 0.1) is 11.4 Å². The van der Waals surface area contributed by atoms with Crippen molar-refractivity contribution in [2.45, 2.75) is 52.6 Å². The van der Waals surface area contributed by atoms with Crippen LogP contribution in [0, 0.1) is 10.8 Å². The van der Waals surface area contributed by atoms with Gasteiger partial charge in [-0.1, -0.05) is 39.0 Å². The molecule has 0 radical (unpaired) electrons. The summed E-state index contributed by atoms with van der Waals surface area (Å²) in [6.07, 6.45) is 2.95. The van der Waals surface area contributed by atoms with Gasteiger partial charge in [-0.3, -0.25) is 9.59 Å². The van der Waals surface area contributed by atoms with E-state index in [0.717, 1.165) is 23.9 Å². The average molecular weight is 382 g/mol. The Labute approximate surface area is 163 Å². The maximum absolute atomic E-state index is 13.0. The summed E-state index contributed by atoms with van der Waals surface area (Å²) in [5.74, 6) is -1.66. The first-order valence-corrected chi connectivity index (χ1v) is 9.59. The van der Waals surface area contributed by atoms with Gasteiger partial charge in [-0.05, 0) is 36.2 Å². The highest BCUT2D eigenvalue weighted by Gasteiger charge is 2.50. The maximum Gasteiger partial charge on any atom is 0.275 e. The molecule has 1 aromatic heterocycles. The normalized spacial score (nSPS) is 25.8. The number of hydrogen-bond acceptors (Lipinski definition) is 5. The Bertz CT molecular complexity index is 1040. The highest BCUT2D eigenvalue weighted by molar-refractivity contribution is 6.00. The van der Waals surface area contributed by atoms with E-state index < -0.39 is 11.5 Å². The standard InChI is InChI=1S/C21H25N3O4/c1-20(2)8-13-9-21(3,11-20)12-23(13)16(25)10-24-18(26)15-7-5-4-6-14(15)17(22-24)19(27)28/h4-7,13H,8-12H2,1-3H3,(H,27,28)/p-1/t13-,21-/m0/s1. The zero-order chi connectivity index (χ0) is 20.3. The molecule has 2 bridgehead atoms. The van der Waals surface area contributed by atoms with Gasteiger partial charge in [0, 0.05) is 18.0 Å². The van der Waals surface area contributed by atoms with E-state index in [4.69, 9.17) is 0 Å². The van der Waals surface area contributed by atoms with Crippen molar-refractivity contribution in [3.05, 3.63) is 40.3 Å². The third-order valence-corrected chi connectivity index (χ3v) is 6.08. The molecule has 2 aromatic rings. The van der Waals surface area contributed by atoms with Gasteiger partial charge < -0.3 is 14.8 Å². The summed E-state index contributed by atoms with van der Waals surface area (Å²) in [4.78, 5) is 39.2. The molecule has 28 heavy (non-hydrogen) atoms. The van der Waals surface area contributed by atoms with E-state index in [1.165, 1.54) is 6.07 Å². The summed E-state index contributed by atoms with van der Waals surface area (Å²) in [6.45, 7) is 7.06. The summed E-state index contributed by atoms with van der Waals surface area (Å²) >= 11 is 0. The van der Waals surface area contributed by atoms with E-state index >= 15 is 0 Å². The van der Waals surface area contributed by atoms with Gasteiger partial charge in [-0.2, -0.15) is 5.10 Å². The number of carboxylic acids is 1. The van der Waals surface area contributed by atoms with Crippen LogP contribution in [0.15, 0.2) is 29.1 Å². The lowest BCUT2D eigenvalue weighted by atomic mass is 9.65. The number of aromatic nitrogens is 2. The van der Waals surface area contributed by atoms with Gasteiger partial charge >= 0.3 is 0 Å². The Balaban J connectivity index is 1.68. The summed E-state index contributed by atoms with van der Waals surface area (Å²) < 4.78 is 0.964. The van der Waals surface area contributed by atoms with Crippen LogP contribution in [0.4, 0.5) is 0 Å². The first-order valence-electron chi connectivity index (χ1n) is 9.59. The molecule has 2 atom stereocenters. The number of hydrogen-bond donors (Lipinski definition) is 0. The van der Waals surface area contributed by atoms with Crippen molar-refractivity contribution in [3.8, 4) is 0 Å². The second kappa shape index (κ2) is 6.15. The second-order valence-electron chi connectivity index (χ2n) is 9.38. The van der Waals surface area contributed by atoms with E-state index in [1.54, 1.807) is 18.2 Å². The van der Waals surface area contributed by atoms with Crippen LogP contribution >= 0.6 is 0 Å². The fourth-order valence-electron chi connectivity index (χ4n) is 5.46. The number of aromatic carboxylic acids is 1. The third-order valence-electron chi connectivity index (χ3n) is 6.08. The van der Waals surface area contributed by atoms with E-state index in [2.05, 4.69) is 25.9 Å². The van der Waals surface area contributed by atoms with Gasteiger partial charge in [0.2, 0.25) is 5.91 Å². The number of carboxylic acid groups (broad SMARTS) is 1. The fourth-order valence-corrected chi connectivity index (χ4v) is 5.46. The Morgan fingerprint density at radius 1 is 1.18 bits per heavy atom. The number of nitrogens with zero attached hydrogens (tertiary/aromatic N) is 3. The number of fused-ring (bicyclic) bond motifs is 3. The number of likely N-dealkylation sites (tertiary alicyclic amines) is 1. The lowest BCUT2D eigenvalue weighted by molar-refractivity contribution is -0.255. The zero-order valence-corrected chi connectivity index (χ0v) is 16.4. The van der Waals surface area contributed by atoms with Gasteiger partial charge in [0.25, 0.3) is 5.56 Å². The van der Waals surface area contributed by atoms with Crippen LogP contribution in [0.2, 0.25) is 0 Å². The molecule has 7 nitrogen and oxygen atoms in total.